The first-order chi connectivity index (χ1) is 7.24. The smallest absolute Gasteiger partial charge is 0.256 e. The van der Waals surface area contributed by atoms with E-state index in [1.165, 1.54) is 11.8 Å². The van der Waals surface area contributed by atoms with Gasteiger partial charge in [0, 0.05) is 5.56 Å². The number of thioether (sulfide) groups is 1. The van der Waals surface area contributed by atoms with Gasteiger partial charge in [0.2, 0.25) is 0 Å². The standard InChI is InChI=1S/C10H8BrNO2S/c1-15-10-12-7-3-2-6(8(13)5-11)4-9(7)14-10/h2-4H,5H2,1H3. The van der Waals surface area contributed by atoms with E-state index in [1.54, 1.807) is 18.2 Å². The third-order valence-corrected chi connectivity index (χ3v) is 3.02. The monoisotopic (exact) mass is 285 g/mol. The maximum absolute atomic E-state index is 11.4. The summed E-state index contributed by atoms with van der Waals surface area (Å²) in [5.41, 5.74) is 2.08. The van der Waals surface area contributed by atoms with Crippen molar-refractivity contribution >= 4 is 44.6 Å². The number of nitrogens with zero attached hydrogens (tertiary/aromatic N) is 1. The highest BCUT2D eigenvalue weighted by Gasteiger charge is 2.09. The highest BCUT2D eigenvalue weighted by atomic mass is 79.9. The summed E-state index contributed by atoms with van der Waals surface area (Å²) in [5.74, 6) is 0.0407. The van der Waals surface area contributed by atoms with Crippen LogP contribution in [0.2, 0.25) is 0 Å². The van der Waals surface area contributed by atoms with Crippen LogP contribution in [0.25, 0.3) is 11.1 Å². The second kappa shape index (κ2) is 4.37. The van der Waals surface area contributed by atoms with Crippen LogP contribution in [-0.4, -0.2) is 22.4 Å². The fourth-order valence-corrected chi connectivity index (χ4v) is 1.93. The number of carbonyl (C=O) groups excluding carboxylic acids is 1. The molecule has 78 valence electrons. The van der Waals surface area contributed by atoms with Crippen LogP contribution in [0, 0.1) is 0 Å². The van der Waals surface area contributed by atoms with E-state index in [2.05, 4.69) is 20.9 Å². The number of hydrogen-bond donors (Lipinski definition) is 0. The van der Waals surface area contributed by atoms with Gasteiger partial charge in [-0.15, -0.1) is 0 Å². The first kappa shape index (κ1) is 10.7. The average Bonchev–Trinajstić information content (AvgIpc) is 2.69. The van der Waals surface area contributed by atoms with E-state index in [-0.39, 0.29) is 5.78 Å². The second-order valence-corrected chi connectivity index (χ2v) is 4.24. The van der Waals surface area contributed by atoms with Crippen molar-refractivity contribution in [1.82, 2.24) is 4.98 Å². The predicted molar refractivity (Wildman–Crippen MR) is 63.9 cm³/mol. The quantitative estimate of drug-likeness (QED) is 0.494. The summed E-state index contributed by atoms with van der Waals surface area (Å²) in [6.45, 7) is 0. The second-order valence-electron chi connectivity index (χ2n) is 2.92. The molecule has 0 atom stereocenters. The summed E-state index contributed by atoms with van der Waals surface area (Å²) in [6.07, 6.45) is 1.90. The van der Waals surface area contributed by atoms with Gasteiger partial charge in [-0.3, -0.25) is 4.79 Å². The van der Waals surface area contributed by atoms with Crippen LogP contribution in [0.3, 0.4) is 0 Å². The number of hydrogen-bond acceptors (Lipinski definition) is 4. The van der Waals surface area contributed by atoms with Gasteiger partial charge < -0.3 is 4.42 Å². The van der Waals surface area contributed by atoms with Crippen molar-refractivity contribution in [3.05, 3.63) is 23.8 Å². The van der Waals surface area contributed by atoms with E-state index in [4.69, 9.17) is 4.42 Å². The lowest BCUT2D eigenvalue weighted by Gasteiger charge is -1.94. The van der Waals surface area contributed by atoms with Crippen LogP contribution in [0.15, 0.2) is 27.8 Å². The van der Waals surface area contributed by atoms with Crippen molar-refractivity contribution in [2.24, 2.45) is 0 Å². The molecule has 0 aliphatic carbocycles. The number of rotatable bonds is 3. The predicted octanol–water partition coefficient (Wildman–Crippen LogP) is 3.13. The van der Waals surface area contributed by atoms with E-state index in [0.717, 1.165) is 5.52 Å². The lowest BCUT2D eigenvalue weighted by Crippen LogP contribution is -1.98. The average molecular weight is 286 g/mol. The molecule has 5 heteroatoms. The molecule has 1 heterocycles. The fourth-order valence-electron chi connectivity index (χ4n) is 1.24. The number of Topliss-reactive ketones (excluding diaryl/α,β-unsaturated/α-hetero) is 1. The van der Waals surface area contributed by atoms with Crippen LogP contribution in [0.5, 0.6) is 0 Å². The molecule has 0 saturated heterocycles. The molecule has 1 aromatic heterocycles. The molecule has 0 N–H and O–H groups in total. The van der Waals surface area contributed by atoms with E-state index in [1.807, 2.05) is 6.26 Å². The molecule has 0 spiro atoms. The van der Waals surface area contributed by atoms with Crippen molar-refractivity contribution in [3.8, 4) is 0 Å². The summed E-state index contributed by atoms with van der Waals surface area (Å²) in [4.78, 5) is 15.7. The number of fused-ring (bicyclic) bond motifs is 1. The molecule has 0 amide bonds. The molecule has 1 aromatic carbocycles. The normalized spacial score (nSPS) is 10.8. The summed E-state index contributed by atoms with van der Waals surface area (Å²) in [7, 11) is 0. The Morgan fingerprint density at radius 3 is 3.07 bits per heavy atom. The minimum absolute atomic E-state index is 0.0407. The van der Waals surface area contributed by atoms with Gasteiger partial charge in [0.05, 0.1) is 5.33 Å². The number of aromatic nitrogens is 1. The Hall–Kier alpha value is -0.810. The van der Waals surface area contributed by atoms with Crippen LogP contribution in [-0.2, 0) is 0 Å². The van der Waals surface area contributed by atoms with Gasteiger partial charge in [-0.1, -0.05) is 27.7 Å². The Balaban J connectivity index is 2.50. The molecule has 0 saturated carbocycles. The topological polar surface area (TPSA) is 43.1 Å². The Kier molecular flexibility index (Phi) is 3.11. The molecule has 0 radical (unpaired) electrons. The number of ketones is 1. The van der Waals surface area contributed by atoms with E-state index >= 15 is 0 Å². The van der Waals surface area contributed by atoms with Gasteiger partial charge in [0.1, 0.15) is 5.52 Å². The molecule has 2 rings (SSSR count). The van der Waals surface area contributed by atoms with Crippen LogP contribution >= 0.6 is 27.7 Å². The van der Waals surface area contributed by atoms with Crippen molar-refractivity contribution in [3.63, 3.8) is 0 Å². The highest BCUT2D eigenvalue weighted by Crippen LogP contribution is 2.22. The zero-order valence-corrected chi connectivity index (χ0v) is 10.4. The lowest BCUT2D eigenvalue weighted by atomic mass is 10.1. The third kappa shape index (κ3) is 2.08. The van der Waals surface area contributed by atoms with Gasteiger partial charge in [-0.2, -0.15) is 0 Å². The van der Waals surface area contributed by atoms with E-state index < -0.39 is 0 Å². The Bertz CT molecular complexity index is 509. The molecule has 0 aliphatic rings. The molecular formula is C10H8BrNO2S. The summed E-state index contributed by atoms with van der Waals surface area (Å²) in [6, 6.07) is 5.29. The Morgan fingerprint density at radius 1 is 1.60 bits per heavy atom. The molecule has 2 aromatic rings. The molecule has 0 unspecified atom stereocenters. The van der Waals surface area contributed by atoms with Crippen LogP contribution in [0.4, 0.5) is 0 Å². The Morgan fingerprint density at radius 2 is 2.40 bits per heavy atom. The lowest BCUT2D eigenvalue weighted by molar-refractivity contribution is 0.102. The van der Waals surface area contributed by atoms with Gasteiger partial charge >= 0.3 is 0 Å². The molecule has 3 nitrogen and oxygen atoms in total. The van der Waals surface area contributed by atoms with Gasteiger partial charge in [0.15, 0.2) is 11.4 Å². The van der Waals surface area contributed by atoms with Crippen molar-refractivity contribution < 1.29 is 9.21 Å². The minimum atomic E-state index is 0.0407. The molecule has 0 bridgehead atoms. The SMILES string of the molecule is CSc1nc2ccc(C(=O)CBr)cc2o1. The molecule has 0 aliphatic heterocycles. The maximum atomic E-state index is 11.4. The van der Waals surface area contributed by atoms with E-state index in [9.17, 15) is 4.79 Å². The number of halogens is 1. The molecule has 15 heavy (non-hydrogen) atoms. The molecule has 0 fully saturated rings. The number of oxazole rings is 1. The van der Waals surface area contributed by atoms with E-state index in [0.29, 0.717) is 21.7 Å². The first-order valence-corrected chi connectivity index (χ1v) is 6.63. The third-order valence-electron chi connectivity index (χ3n) is 1.99. The number of alkyl halides is 1. The highest BCUT2D eigenvalue weighted by molar-refractivity contribution is 9.09. The first-order valence-electron chi connectivity index (χ1n) is 4.28. The summed E-state index contributed by atoms with van der Waals surface area (Å²) < 4.78 is 5.44. The summed E-state index contributed by atoms with van der Waals surface area (Å²) in [5, 5.41) is 0.940. The van der Waals surface area contributed by atoms with Crippen molar-refractivity contribution in [2.45, 2.75) is 5.22 Å². The van der Waals surface area contributed by atoms with Gasteiger partial charge in [-0.25, -0.2) is 4.98 Å². The number of carbonyl (C=O) groups is 1. The Labute approximate surface area is 99.4 Å². The van der Waals surface area contributed by atoms with Crippen LogP contribution in [0.1, 0.15) is 10.4 Å². The van der Waals surface area contributed by atoms with Gasteiger partial charge in [0.25, 0.3) is 5.22 Å². The number of benzene rings is 1. The largest absolute Gasteiger partial charge is 0.431 e. The van der Waals surface area contributed by atoms with Crippen molar-refractivity contribution in [2.75, 3.05) is 11.6 Å². The minimum Gasteiger partial charge on any atom is -0.431 e. The zero-order chi connectivity index (χ0) is 10.8. The van der Waals surface area contributed by atoms with Crippen LogP contribution < -0.4 is 0 Å². The maximum Gasteiger partial charge on any atom is 0.256 e. The fraction of sp³-hybridized carbons (Fsp3) is 0.200. The van der Waals surface area contributed by atoms with Crippen molar-refractivity contribution in [1.29, 1.82) is 0 Å². The van der Waals surface area contributed by atoms with Gasteiger partial charge in [-0.05, 0) is 24.5 Å². The molecular weight excluding hydrogens is 278 g/mol. The summed E-state index contributed by atoms with van der Waals surface area (Å²) >= 11 is 4.58. The zero-order valence-electron chi connectivity index (χ0n) is 7.99.